The van der Waals surface area contributed by atoms with Crippen LogP contribution in [0.15, 0.2) is 83.8 Å². The molecule has 0 unspecified atom stereocenters. The predicted molar refractivity (Wildman–Crippen MR) is 157 cm³/mol. The molecule has 1 aliphatic heterocycles. The Kier molecular flexibility index (Phi) is 6.42. The molecular formula is C30H30N8O. The van der Waals surface area contributed by atoms with Gasteiger partial charge in [-0.3, -0.25) is 9.36 Å². The molecule has 9 nitrogen and oxygen atoms in total. The van der Waals surface area contributed by atoms with E-state index in [0.29, 0.717) is 34.2 Å². The zero-order valence-electron chi connectivity index (χ0n) is 22.0. The molecule has 0 aliphatic carbocycles. The lowest BCUT2D eigenvalue weighted by Gasteiger charge is -2.35. The van der Waals surface area contributed by atoms with Crippen LogP contribution in [0.5, 0.6) is 0 Å². The summed E-state index contributed by atoms with van der Waals surface area (Å²) in [5.41, 5.74) is 12.2. The van der Waals surface area contributed by atoms with Gasteiger partial charge in [-0.2, -0.15) is 4.98 Å². The summed E-state index contributed by atoms with van der Waals surface area (Å²) >= 11 is 0. The van der Waals surface area contributed by atoms with E-state index in [-0.39, 0.29) is 5.56 Å². The molecule has 1 fully saturated rings. The first-order chi connectivity index (χ1) is 19.0. The summed E-state index contributed by atoms with van der Waals surface area (Å²) in [4.78, 5) is 32.5. The Morgan fingerprint density at radius 2 is 1.69 bits per heavy atom. The molecule has 3 heterocycles. The Balaban J connectivity index is 1.40. The number of benzene rings is 3. The summed E-state index contributed by atoms with van der Waals surface area (Å²) in [7, 11) is 2.16. The van der Waals surface area contributed by atoms with Crippen molar-refractivity contribution in [3.05, 3.63) is 94.9 Å². The van der Waals surface area contributed by atoms with Gasteiger partial charge in [0.05, 0.1) is 11.9 Å². The van der Waals surface area contributed by atoms with E-state index in [0.717, 1.165) is 37.4 Å². The Morgan fingerprint density at radius 3 is 2.44 bits per heavy atom. The molecule has 0 bridgehead atoms. The van der Waals surface area contributed by atoms with Crippen LogP contribution in [-0.4, -0.2) is 57.6 Å². The summed E-state index contributed by atoms with van der Waals surface area (Å²) in [6, 6.07) is 22.9. The maximum Gasteiger partial charge on any atom is 0.283 e. The van der Waals surface area contributed by atoms with Gasteiger partial charge in [-0.05, 0) is 55.9 Å². The van der Waals surface area contributed by atoms with Gasteiger partial charge in [-0.1, -0.05) is 36.4 Å². The Labute approximate surface area is 226 Å². The van der Waals surface area contributed by atoms with Crippen molar-refractivity contribution in [2.45, 2.75) is 6.92 Å². The number of likely N-dealkylation sites (N-methyl/N-ethyl adjacent to an activating group) is 1. The van der Waals surface area contributed by atoms with Crippen molar-refractivity contribution in [3.63, 3.8) is 0 Å². The van der Waals surface area contributed by atoms with Gasteiger partial charge in [-0.25, -0.2) is 9.97 Å². The maximum atomic E-state index is 13.8. The number of fused-ring (bicyclic) bond motifs is 1. The average molecular weight is 519 g/mol. The minimum Gasteiger partial charge on any atom is -0.399 e. The van der Waals surface area contributed by atoms with Crippen molar-refractivity contribution in [2.75, 3.05) is 49.2 Å². The second-order valence-corrected chi connectivity index (χ2v) is 9.88. The minimum atomic E-state index is -0.281. The number of nitrogen functional groups attached to an aromatic ring is 1. The number of aromatic nitrogens is 4. The Bertz CT molecular complexity index is 1710. The average Bonchev–Trinajstić information content (AvgIpc) is 2.94. The number of hydrogen-bond donors (Lipinski definition) is 2. The van der Waals surface area contributed by atoms with Crippen LogP contribution in [-0.2, 0) is 0 Å². The molecule has 0 spiro atoms. The number of nitrogens with one attached hydrogen (secondary N) is 1. The first-order valence-electron chi connectivity index (χ1n) is 13.0. The van der Waals surface area contributed by atoms with E-state index >= 15 is 0 Å². The van der Waals surface area contributed by atoms with Gasteiger partial charge in [0.2, 0.25) is 5.95 Å². The van der Waals surface area contributed by atoms with Crippen LogP contribution in [0.3, 0.4) is 0 Å². The molecule has 6 rings (SSSR count). The minimum absolute atomic E-state index is 0.281. The highest BCUT2D eigenvalue weighted by Crippen LogP contribution is 2.27. The molecule has 9 heteroatoms. The van der Waals surface area contributed by atoms with Crippen molar-refractivity contribution >= 4 is 34.2 Å². The third-order valence-corrected chi connectivity index (χ3v) is 7.07. The van der Waals surface area contributed by atoms with E-state index in [4.69, 9.17) is 10.7 Å². The van der Waals surface area contributed by atoms with Crippen LogP contribution in [0, 0.1) is 6.92 Å². The van der Waals surface area contributed by atoms with Gasteiger partial charge in [0, 0.05) is 48.8 Å². The van der Waals surface area contributed by atoms with Gasteiger partial charge in [0.1, 0.15) is 11.2 Å². The number of piperazine rings is 1. The van der Waals surface area contributed by atoms with Crippen molar-refractivity contribution in [2.24, 2.45) is 0 Å². The molecule has 5 aromatic rings. The number of rotatable bonds is 5. The molecule has 0 saturated carbocycles. The van der Waals surface area contributed by atoms with Crippen LogP contribution < -0.4 is 21.5 Å². The quantitative estimate of drug-likeness (QED) is 0.333. The van der Waals surface area contributed by atoms with Crippen LogP contribution in [0.1, 0.15) is 5.56 Å². The molecule has 3 N–H and O–H groups in total. The summed E-state index contributed by atoms with van der Waals surface area (Å²) in [6.45, 7) is 6.25. The Morgan fingerprint density at radius 1 is 0.897 bits per heavy atom. The fourth-order valence-electron chi connectivity index (χ4n) is 4.99. The van der Waals surface area contributed by atoms with Crippen molar-refractivity contribution in [1.82, 2.24) is 24.4 Å². The van der Waals surface area contributed by atoms with Crippen LogP contribution in [0.4, 0.5) is 23.0 Å². The predicted octanol–water partition coefficient (Wildman–Crippen LogP) is 4.23. The third-order valence-electron chi connectivity index (χ3n) is 7.07. The van der Waals surface area contributed by atoms with Crippen LogP contribution in [0.25, 0.3) is 28.1 Å². The topological polar surface area (TPSA) is 105 Å². The Hall–Kier alpha value is -4.76. The van der Waals surface area contributed by atoms with Gasteiger partial charge in [0.25, 0.3) is 5.56 Å². The van der Waals surface area contributed by atoms with Gasteiger partial charge < -0.3 is 20.9 Å². The molecule has 3 aromatic carbocycles. The standard InChI is InChI=1S/C30H30N8O/c1-20-17-23(11-12-26(20)37-15-13-36(2)14-16-37)33-30-32-19-25-28(35-30)38(24-10-6-9-22(31)18-24)29(39)27(34-25)21-7-4-3-5-8-21/h3-12,17-19H,13-16,31H2,1-2H3,(H,32,33,35). The van der Waals surface area contributed by atoms with E-state index in [1.807, 2.05) is 48.5 Å². The zero-order valence-corrected chi connectivity index (χ0v) is 22.0. The molecular weight excluding hydrogens is 488 g/mol. The summed E-state index contributed by atoms with van der Waals surface area (Å²) in [5.74, 6) is 0.376. The molecule has 0 amide bonds. The van der Waals surface area contributed by atoms with Crippen LogP contribution in [0.2, 0.25) is 0 Å². The van der Waals surface area contributed by atoms with Crippen LogP contribution >= 0.6 is 0 Å². The van der Waals surface area contributed by atoms with Crippen molar-refractivity contribution < 1.29 is 0 Å². The summed E-state index contributed by atoms with van der Waals surface area (Å²) in [5, 5.41) is 3.31. The van der Waals surface area contributed by atoms with E-state index < -0.39 is 0 Å². The van der Waals surface area contributed by atoms with Crippen molar-refractivity contribution in [3.8, 4) is 16.9 Å². The largest absolute Gasteiger partial charge is 0.399 e. The summed E-state index contributed by atoms with van der Waals surface area (Å²) < 4.78 is 1.55. The lowest BCUT2D eigenvalue weighted by molar-refractivity contribution is 0.312. The smallest absolute Gasteiger partial charge is 0.283 e. The molecule has 1 aliphatic rings. The maximum absolute atomic E-state index is 13.8. The number of nitrogens with two attached hydrogens (primary N) is 1. The third kappa shape index (κ3) is 4.92. The highest BCUT2D eigenvalue weighted by molar-refractivity contribution is 5.77. The van der Waals surface area contributed by atoms with E-state index in [1.165, 1.54) is 11.3 Å². The zero-order chi connectivity index (χ0) is 26.9. The van der Waals surface area contributed by atoms with Crippen molar-refractivity contribution in [1.29, 1.82) is 0 Å². The molecule has 0 atom stereocenters. The lowest BCUT2D eigenvalue weighted by atomic mass is 10.1. The van der Waals surface area contributed by atoms with Gasteiger partial charge >= 0.3 is 0 Å². The van der Waals surface area contributed by atoms with E-state index in [9.17, 15) is 4.79 Å². The fourth-order valence-corrected chi connectivity index (χ4v) is 4.99. The van der Waals surface area contributed by atoms with Gasteiger partial charge in [-0.15, -0.1) is 0 Å². The second kappa shape index (κ2) is 10.2. The first-order valence-corrected chi connectivity index (χ1v) is 13.0. The molecule has 0 radical (unpaired) electrons. The number of aryl methyl sites for hydroxylation is 1. The SMILES string of the molecule is Cc1cc(Nc2ncc3nc(-c4ccccc4)c(=O)n(-c4cccc(N)c4)c3n2)ccc1N1CCN(C)CC1. The highest BCUT2D eigenvalue weighted by atomic mass is 16.1. The molecule has 2 aromatic heterocycles. The van der Waals surface area contributed by atoms with Gasteiger partial charge in [0.15, 0.2) is 5.65 Å². The monoisotopic (exact) mass is 518 g/mol. The van der Waals surface area contributed by atoms with E-state index in [2.05, 4.69) is 51.2 Å². The molecule has 39 heavy (non-hydrogen) atoms. The molecule has 1 saturated heterocycles. The normalized spacial score (nSPS) is 14.1. The number of nitrogens with zero attached hydrogens (tertiary/aromatic N) is 6. The highest BCUT2D eigenvalue weighted by Gasteiger charge is 2.18. The molecule has 196 valence electrons. The summed E-state index contributed by atoms with van der Waals surface area (Å²) in [6.07, 6.45) is 1.64. The fraction of sp³-hybridized carbons (Fsp3) is 0.200. The second-order valence-electron chi connectivity index (χ2n) is 9.88. The lowest BCUT2D eigenvalue weighted by Crippen LogP contribution is -2.44. The number of hydrogen-bond acceptors (Lipinski definition) is 8. The van der Waals surface area contributed by atoms with E-state index in [1.54, 1.807) is 22.9 Å². The number of anilines is 4. The first kappa shape index (κ1) is 24.6.